The molecule has 0 atom stereocenters. The SMILES string of the molecule is CC(=O)Nc1nc(C)c(C=C2SC(=Nc3ccccc3)NC2=O)s1. The number of hydrogen-bond donors (Lipinski definition) is 2. The van der Waals surface area contributed by atoms with Gasteiger partial charge in [-0.1, -0.05) is 29.5 Å². The molecule has 1 aliphatic rings. The van der Waals surface area contributed by atoms with Gasteiger partial charge in [0.05, 0.1) is 21.2 Å². The van der Waals surface area contributed by atoms with Gasteiger partial charge in [0.1, 0.15) is 0 Å². The summed E-state index contributed by atoms with van der Waals surface area (Å²) < 4.78 is 0. The maximum atomic E-state index is 12.1. The lowest BCUT2D eigenvalue weighted by Gasteiger charge is -1.94. The first-order chi connectivity index (χ1) is 11.5. The van der Waals surface area contributed by atoms with Crippen LogP contribution in [0.5, 0.6) is 0 Å². The van der Waals surface area contributed by atoms with Crippen molar-refractivity contribution in [2.24, 2.45) is 4.99 Å². The summed E-state index contributed by atoms with van der Waals surface area (Å²) in [6.45, 7) is 3.27. The number of nitrogens with zero attached hydrogens (tertiary/aromatic N) is 2. The fraction of sp³-hybridized carbons (Fsp3) is 0.125. The number of aromatic nitrogens is 1. The Morgan fingerprint density at radius 3 is 2.79 bits per heavy atom. The van der Waals surface area contributed by atoms with Crippen molar-refractivity contribution in [1.82, 2.24) is 10.3 Å². The minimum Gasteiger partial charge on any atom is -0.302 e. The maximum absolute atomic E-state index is 12.1. The first-order valence-corrected chi connectivity index (χ1v) is 8.74. The van der Waals surface area contributed by atoms with Gasteiger partial charge in [-0.3, -0.25) is 9.59 Å². The van der Waals surface area contributed by atoms with Gasteiger partial charge in [0.25, 0.3) is 5.91 Å². The minimum atomic E-state index is -0.191. The first kappa shape index (κ1) is 16.4. The van der Waals surface area contributed by atoms with Crippen LogP contribution in [0.3, 0.4) is 0 Å². The van der Waals surface area contributed by atoms with Crippen LogP contribution >= 0.6 is 23.1 Å². The zero-order valence-corrected chi connectivity index (χ0v) is 14.6. The summed E-state index contributed by atoms with van der Waals surface area (Å²) in [6, 6.07) is 9.43. The van der Waals surface area contributed by atoms with E-state index in [1.54, 1.807) is 6.08 Å². The molecule has 0 bridgehead atoms. The van der Waals surface area contributed by atoms with Crippen molar-refractivity contribution in [3.05, 3.63) is 45.8 Å². The molecule has 2 aromatic rings. The Balaban J connectivity index is 1.81. The molecule has 2 N–H and O–H groups in total. The highest BCUT2D eigenvalue weighted by molar-refractivity contribution is 8.18. The molecule has 0 spiro atoms. The third kappa shape index (κ3) is 3.90. The minimum absolute atomic E-state index is 0.173. The molecular weight excluding hydrogens is 344 g/mol. The van der Waals surface area contributed by atoms with Crippen molar-refractivity contribution in [2.45, 2.75) is 13.8 Å². The third-order valence-corrected chi connectivity index (χ3v) is 4.95. The molecule has 1 aliphatic heterocycles. The molecule has 6 nitrogen and oxygen atoms in total. The van der Waals surface area contributed by atoms with Crippen LogP contribution in [-0.4, -0.2) is 22.0 Å². The van der Waals surface area contributed by atoms with E-state index >= 15 is 0 Å². The summed E-state index contributed by atoms with van der Waals surface area (Å²) in [4.78, 5) is 33.3. The van der Waals surface area contributed by atoms with Crippen molar-refractivity contribution in [3.8, 4) is 0 Å². The van der Waals surface area contributed by atoms with Crippen LogP contribution in [0.4, 0.5) is 10.8 Å². The molecule has 24 heavy (non-hydrogen) atoms. The molecule has 0 saturated carbocycles. The lowest BCUT2D eigenvalue weighted by molar-refractivity contribution is -0.115. The van der Waals surface area contributed by atoms with Crippen molar-refractivity contribution < 1.29 is 9.59 Å². The Kier molecular flexibility index (Phi) is 4.77. The van der Waals surface area contributed by atoms with E-state index in [0.717, 1.165) is 16.3 Å². The highest BCUT2D eigenvalue weighted by Gasteiger charge is 2.24. The van der Waals surface area contributed by atoms with E-state index in [2.05, 4.69) is 20.6 Å². The van der Waals surface area contributed by atoms with E-state index < -0.39 is 0 Å². The molecule has 1 fully saturated rings. The number of amidine groups is 1. The number of para-hydroxylation sites is 1. The summed E-state index contributed by atoms with van der Waals surface area (Å²) in [5.41, 5.74) is 1.54. The molecule has 8 heteroatoms. The zero-order chi connectivity index (χ0) is 17.1. The van der Waals surface area contributed by atoms with Crippen LogP contribution in [-0.2, 0) is 9.59 Å². The molecule has 3 rings (SSSR count). The Labute approximate surface area is 147 Å². The standard InChI is InChI=1S/C16H14N4O2S2/c1-9-12(23-15(17-9)18-10(2)21)8-13-14(22)20-16(24-13)19-11-6-4-3-5-7-11/h3-8H,1-2H3,(H,17,18,21)(H,19,20,22). The van der Waals surface area contributed by atoms with Gasteiger partial charge >= 0.3 is 0 Å². The second-order valence-electron chi connectivity index (χ2n) is 4.97. The number of thiazole rings is 1. The largest absolute Gasteiger partial charge is 0.302 e. The molecule has 2 amide bonds. The van der Waals surface area contributed by atoms with Crippen LogP contribution in [0.1, 0.15) is 17.5 Å². The smallest absolute Gasteiger partial charge is 0.264 e. The van der Waals surface area contributed by atoms with Crippen molar-refractivity contribution in [2.75, 3.05) is 5.32 Å². The number of aryl methyl sites for hydroxylation is 1. The number of aliphatic imine (C=N–C) groups is 1. The van der Waals surface area contributed by atoms with Gasteiger partial charge in [0.15, 0.2) is 10.3 Å². The number of carbonyl (C=O) groups is 2. The van der Waals surface area contributed by atoms with Crippen molar-refractivity contribution >= 4 is 57.0 Å². The predicted octanol–water partition coefficient (Wildman–Crippen LogP) is 3.30. The van der Waals surface area contributed by atoms with Gasteiger partial charge in [-0.2, -0.15) is 0 Å². The van der Waals surface area contributed by atoms with E-state index in [-0.39, 0.29) is 11.8 Å². The fourth-order valence-corrected chi connectivity index (χ4v) is 3.82. The number of rotatable bonds is 3. The molecule has 1 aromatic carbocycles. The Morgan fingerprint density at radius 2 is 2.08 bits per heavy atom. The number of nitrogens with one attached hydrogen (secondary N) is 2. The summed E-state index contributed by atoms with van der Waals surface area (Å²) in [5.74, 6) is -0.364. The van der Waals surface area contributed by atoms with Crippen LogP contribution in [0.2, 0.25) is 0 Å². The monoisotopic (exact) mass is 358 g/mol. The normalized spacial score (nSPS) is 17.3. The third-order valence-electron chi connectivity index (χ3n) is 3.02. The summed E-state index contributed by atoms with van der Waals surface area (Å²) >= 11 is 2.61. The van der Waals surface area contributed by atoms with Crippen molar-refractivity contribution in [1.29, 1.82) is 0 Å². The van der Waals surface area contributed by atoms with Gasteiger partial charge in [-0.05, 0) is 36.9 Å². The summed E-state index contributed by atoms with van der Waals surface area (Å²) in [5, 5.41) is 6.47. The fourth-order valence-electron chi connectivity index (χ4n) is 1.97. The lowest BCUT2D eigenvalue weighted by atomic mass is 10.3. The predicted molar refractivity (Wildman–Crippen MR) is 98.4 cm³/mol. The Morgan fingerprint density at radius 1 is 1.33 bits per heavy atom. The van der Waals surface area contributed by atoms with Crippen LogP contribution in [0, 0.1) is 6.92 Å². The van der Waals surface area contributed by atoms with Gasteiger partial charge < -0.3 is 10.6 Å². The summed E-state index contributed by atoms with van der Waals surface area (Å²) in [7, 11) is 0. The summed E-state index contributed by atoms with van der Waals surface area (Å²) in [6.07, 6.45) is 1.77. The lowest BCUT2D eigenvalue weighted by Crippen LogP contribution is -2.19. The second-order valence-corrected chi connectivity index (χ2v) is 7.03. The number of amides is 2. The van der Waals surface area contributed by atoms with Crippen LogP contribution in [0.25, 0.3) is 6.08 Å². The molecule has 1 saturated heterocycles. The second kappa shape index (κ2) is 6.98. The number of carbonyl (C=O) groups excluding carboxylic acids is 2. The van der Waals surface area contributed by atoms with Gasteiger partial charge in [0.2, 0.25) is 5.91 Å². The quantitative estimate of drug-likeness (QED) is 0.825. The Hall–Kier alpha value is -2.45. The molecule has 0 unspecified atom stereocenters. The molecule has 0 radical (unpaired) electrons. The molecule has 122 valence electrons. The first-order valence-electron chi connectivity index (χ1n) is 7.11. The molecular formula is C16H14N4O2S2. The van der Waals surface area contributed by atoms with Crippen molar-refractivity contribution in [3.63, 3.8) is 0 Å². The van der Waals surface area contributed by atoms with Gasteiger partial charge in [0, 0.05) is 6.92 Å². The van der Waals surface area contributed by atoms with E-state index in [9.17, 15) is 9.59 Å². The van der Waals surface area contributed by atoms with E-state index in [0.29, 0.717) is 15.2 Å². The number of benzene rings is 1. The molecule has 0 aliphatic carbocycles. The van der Waals surface area contributed by atoms with Crippen LogP contribution in [0.15, 0.2) is 40.2 Å². The van der Waals surface area contributed by atoms with E-state index in [1.807, 2.05) is 37.3 Å². The van der Waals surface area contributed by atoms with Gasteiger partial charge in [-0.25, -0.2) is 9.98 Å². The molecule has 2 heterocycles. The van der Waals surface area contributed by atoms with E-state index in [1.165, 1.54) is 30.0 Å². The molecule has 1 aromatic heterocycles. The average molecular weight is 358 g/mol. The number of thioether (sulfide) groups is 1. The van der Waals surface area contributed by atoms with Crippen LogP contribution < -0.4 is 10.6 Å². The number of anilines is 1. The Bertz CT molecular complexity index is 856. The zero-order valence-electron chi connectivity index (χ0n) is 13.0. The topological polar surface area (TPSA) is 83.4 Å². The maximum Gasteiger partial charge on any atom is 0.264 e. The average Bonchev–Trinajstić information content (AvgIpc) is 3.03. The number of hydrogen-bond acceptors (Lipinski definition) is 6. The van der Waals surface area contributed by atoms with E-state index in [4.69, 9.17) is 0 Å². The highest BCUT2D eigenvalue weighted by atomic mass is 32.2. The van der Waals surface area contributed by atoms with Gasteiger partial charge in [-0.15, -0.1) is 0 Å². The highest BCUT2D eigenvalue weighted by Crippen LogP contribution is 2.31.